The second kappa shape index (κ2) is 5.97. The highest BCUT2D eigenvalue weighted by Crippen LogP contribution is 2.21. The number of hydrogen-bond acceptors (Lipinski definition) is 3. The van der Waals surface area contributed by atoms with Gasteiger partial charge in [0.05, 0.1) is 5.75 Å². The van der Waals surface area contributed by atoms with Crippen LogP contribution in [0.4, 0.5) is 0 Å². The van der Waals surface area contributed by atoms with Crippen LogP contribution in [-0.4, -0.2) is 11.5 Å². The molecule has 0 saturated carbocycles. The molecule has 0 aliphatic carbocycles. The SMILES string of the molecule is O=C(CSCc1ccccc1)c1cc2ccccc2o1. The average molecular weight is 282 g/mol. The van der Waals surface area contributed by atoms with Crippen molar-refractivity contribution in [2.45, 2.75) is 5.75 Å². The van der Waals surface area contributed by atoms with Gasteiger partial charge in [0.25, 0.3) is 0 Å². The molecule has 0 fully saturated rings. The van der Waals surface area contributed by atoms with Crippen LogP contribution in [0.2, 0.25) is 0 Å². The van der Waals surface area contributed by atoms with Crippen LogP contribution in [0.5, 0.6) is 0 Å². The Morgan fingerprint density at radius 1 is 1.00 bits per heavy atom. The van der Waals surface area contributed by atoms with Crippen molar-refractivity contribution in [1.82, 2.24) is 0 Å². The van der Waals surface area contributed by atoms with Gasteiger partial charge in [-0.1, -0.05) is 48.5 Å². The van der Waals surface area contributed by atoms with Crippen LogP contribution in [0.1, 0.15) is 16.1 Å². The van der Waals surface area contributed by atoms with Gasteiger partial charge in [-0.3, -0.25) is 4.79 Å². The molecule has 0 radical (unpaired) electrons. The third-order valence-electron chi connectivity index (χ3n) is 3.05. The predicted octanol–water partition coefficient (Wildman–Crippen LogP) is 4.55. The van der Waals surface area contributed by atoms with Crippen LogP contribution in [-0.2, 0) is 5.75 Å². The minimum atomic E-state index is 0.0436. The Morgan fingerprint density at radius 3 is 2.55 bits per heavy atom. The number of benzene rings is 2. The number of thioether (sulfide) groups is 1. The van der Waals surface area contributed by atoms with Crippen molar-refractivity contribution < 1.29 is 9.21 Å². The summed E-state index contributed by atoms with van der Waals surface area (Å²) in [4.78, 5) is 12.1. The van der Waals surface area contributed by atoms with E-state index >= 15 is 0 Å². The van der Waals surface area contributed by atoms with E-state index in [1.54, 1.807) is 11.8 Å². The van der Waals surface area contributed by atoms with Crippen molar-refractivity contribution >= 4 is 28.5 Å². The summed E-state index contributed by atoms with van der Waals surface area (Å²) in [7, 11) is 0. The summed E-state index contributed by atoms with van der Waals surface area (Å²) >= 11 is 1.61. The van der Waals surface area contributed by atoms with Crippen LogP contribution < -0.4 is 0 Å². The maximum atomic E-state index is 12.1. The van der Waals surface area contributed by atoms with Gasteiger partial charge in [-0.15, -0.1) is 11.8 Å². The molecule has 100 valence electrons. The minimum Gasteiger partial charge on any atom is -0.453 e. The van der Waals surface area contributed by atoms with Gasteiger partial charge in [0.15, 0.2) is 5.76 Å². The average Bonchev–Trinajstić information content (AvgIpc) is 2.92. The molecule has 3 heteroatoms. The first-order valence-electron chi connectivity index (χ1n) is 6.46. The van der Waals surface area contributed by atoms with Gasteiger partial charge in [0, 0.05) is 11.1 Å². The molecule has 20 heavy (non-hydrogen) atoms. The van der Waals surface area contributed by atoms with Crippen LogP contribution in [0.3, 0.4) is 0 Å². The number of ketones is 1. The van der Waals surface area contributed by atoms with E-state index in [4.69, 9.17) is 4.42 Å². The van der Waals surface area contributed by atoms with Crippen LogP contribution in [0.15, 0.2) is 65.1 Å². The fourth-order valence-electron chi connectivity index (χ4n) is 2.03. The number of carbonyl (C=O) groups excluding carboxylic acids is 1. The fraction of sp³-hybridized carbons (Fsp3) is 0.118. The molecule has 1 heterocycles. The molecule has 0 saturated heterocycles. The standard InChI is InChI=1S/C17H14O2S/c18-15(12-20-11-13-6-2-1-3-7-13)17-10-14-8-4-5-9-16(14)19-17/h1-10H,11-12H2. The van der Waals surface area contributed by atoms with E-state index < -0.39 is 0 Å². The van der Waals surface area contributed by atoms with Gasteiger partial charge >= 0.3 is 0 Å². The Kier molecular flexibility index (Phi) is 3.88. The second-order valence-electron chi connectivity index (χ2n) is 4.55. The number of Topliss-reactive ketones (excluding diaryl/α,β-unsaturated/α-hetero) is 1. The highest BCUT2D eigenvalue weighted by Gasteiger charge is 2.11. The van der Waals surface area contributed by atoms with Crippen molar-refractivity contribution in [3.63, 3.8) is 0 Å². The fourth-order valence-corrected chi connectivity index (χ4v) is 2.88. The third kappa shape index (κ3) is 2.94. The van der Waals surface area contributed by atoms with E-state index in [-0.39, 0.29) is 5.78 Å². The zero-order chi connectivity index (χ0) is 13.8. The molecule has 0 unspecified atom stereocenters. The van der Waals surface area contributed by atoms with Crippen molar-refractivity contribution in [2.24, 2.45) is 0 Å². The Morgan fingerprint density at radius 2 is 1.75 bits per heavy atom. The quantitative estimate of drug-likeness (QED) is 0.643. The highest BCUT2D eigenvalue weighted by atomic mass is 32.2. The summed E-state index contributed by atoms with van der Waals surface area (Å²) in [5, 5.41) is 0.976. The molecule has 1 aromatic heterocycles. The number of para-hydroxylation sites is 1. The van der Waals surface area contributed by atoms with E-state index in [0.29, 0.717) is 11.5 Å². The lowest BCUT2D eigenvalue weighted by Gasteiger charge is -1.99. The molecule has 3 aromatic rings. The first-order chi connectivity index (χ1) is 9.83. The van der Waals surface area contributed by atoms with Crippen LogP contribution >= 0.6 is 11.8 Å². The van der Waals surface area contributed by atoms with Gasteiger partial charge in [-0.2, -0.15) is 0 Å². The van der Waals surface area contributed by atoms with Crippen molar-refractivity contribution in [3.05, 3.63) is 72.0 Å². The van der Waals surface area contributed by atoms with Gasteiger partial charge in [-0.05, 0) is 17.7 Å². The Bertz CT molecular complexity index is 683. The zero-order valence-electron chi connectivity index (χ0n) is 10.9. The first kappa shape index (κ1) is 13.0. The lowest BCUT2D eigenvalue weighted by atomic mass is 10.2. The highest BCUT2D eigenvalue weighted by molar-refractivity contribution is 7.99. The van der Waals surface area contributed by atoms with Gasteiger partial charge in [0.1, 0.15) is 5.58 Å². The number of fused-ring (bicyclic) bond motifs is 1. The molecule has 0 N–H and O–H groups in total. The van der Waals surface area contributed by atoms with E-state index in [0.717, 1.165) is 16.7 Å². The maximum Gasteiger partial charge on any atom is 0.207 e. The Balaban J connectivity index is 1.61. The number of furan rings is 1. The summed E-state index contributed by atoms with van der Waals surface area (Å²) in [6.45, 7) is 0. The monoisotopic (exact) mass is 282 g/mol. The third-order valence-corrected chi connectivity index (χ3v) is 4.05. The summed E-state index contributed by atoms with van der Waals surface area (Å²) < 4.78 is 5.57. The van der Waals surface area contributed by atoms with Crippen LogP contribution in [0.25, 0.3) is 11.0 Å². The Hall–Kier alpha value is -2.00. The number of hydrogen-bond donors (Lipinski definition) is 0. The summed E-state index contributed by atoms with van der Waals surface area (Å²) in [6, 6.07) is 19.6. The van der Waals surface area contributed by atoms with E-state index in [9.17, 15) is 4.79 Å². The predicted molar refractivity (Wildman–Crippen MR) is 83.1 cm³/mol. The molecule has 2 nitrogen and oxygen atoms in total. The molecule has 0 amide bonds. The topological polar surface area (TPSA) is 30.2 Å². The first-order valence-corrected chi connectivity index (χ1v) is 7.62. The number of rotatable bonds is 5. The number of carbonyl (C=O) groups is 1. The van der Waals surface area contributed by atoms with Crippen molar-refractivity contribution in [3.8, 4) is 0 Å². The Labute approximate surface area is 121 Å². The smallest absolute Gasteiger partial charge is 0.207 e. The van der Waals surface area contributed by atoms with Gasteiger partial charge in [0.2, 0.25) is 5.78 Å². The molecular weight excluding hydrogens is 268 g/mol. The normalized spacial score (nSPS) is 10.8. The lowest BCUT2D eigenvalue weighted by Crippen LogP contribution is -2.00. The van der Waals surface area contributed by atoms with E-state index in [1.807, 2.05) is 48.5 Å². The summed E-state index contributed by atoms with van der Waals surface area (Å²) in [5.74, 6) is 1.77. The molecular formula is C17H14O2S. The van der Waals surface area contributed by atoms with Gasteiger partial charge < -0.3 is 4.42 Å². The van der Waals surface area contributed by atoms with Crippen molar-refractivity contribution in [2.75, 3.05) is 5.75 Å². The maximum absolute atomic E-state index is 12.1. The van der Waals surface area contributed by atoms with Crippen molar-refractivity contribution in [1.29, 1.82) is 0 Å². The molecule has 0 aliphatic heterocycles. The molecule has 0 bridgehead atoms. The van der Waals surface area contributed by atoms with Crippen LogP contribution in [0, 0.1) is 0 Å². The second-order valence-corrected chi connectivity index (χ2v) is 5.54. The largest absolute Gasteiger partial charge is 0.453 e. The minimum absolute atomic E-state index is 0.0436. The lowest BCUT2D eigenvalue weighted by molar-refractivity contribution is 0.0994. The summed E-state index contributed by atoms with van der Waals surface area (Å²) in [5.41, 5.74) is 2.00. The molecule has 0 aliphatic rings. The molecule has 2 aromatic carbocycles. The molecule has 3 rings (SSSR count). The molecule has 0 atom stereocenters. The molecule has 0 spiro atoms. The summed E-state index contributed by atoms with van der Waals surface area (Å²) in [6.07, 6.45) is 0. The van der Waals surface area contributed by atoms with Gasteiger partial charge in [-0.25, -0.2) is 0 Å². The van der Waals surface area contributed by atoms with E-state index in [2.05, 4.69) is 12.1 Å². The zero-order valence-corrected chi connectivity index (χ0v) is 11.7. The van der Waals surface area contributed by atoms with E-state index in [1.165, 1.54) is 5.56 Å².